The standard InChI is InChI=1S/C8H17NO2/c10-6-2-1-4-9-5-3-8(11)7-9/h8,10-11H,1-7H2/t8-/m0/s1. The van der Waals surface area contributed by atoms with E-state index in [1.54, 1.807) is 0 Å². The molecule has 1 aliphatic heterocycles. The Balaban J connectivity index is 1.99. The second-order valence-corrected chi connectivity index (χ2v) is 3.17. The summed E-state index contributed by atoms with van der Waals surface area (Å²) < 4.78 is 0. The number of rotatable bonds is 4. The van der Waals surface area contributed by atoms with Crippen molar-refractivity contribution in [2.24, 2.45) is 0 Å². The Kier molecular flexibility index (Phi) is 3.83. The van der Waals surface area contributed by atoms with E-state index in [-0.39, 0.29) is 12.7 Å². The SMILES string of the molecule is OCCCCN1CC[C@H](O)C1. The highest BCUT2D eigenvalue weighted by atomic mass is 16.3. The third-order valence-electron chi connectivity index (χ3n) is 2.13. The van der Waals surface area contributed by atoms with Gasteiger partial charge in [-0.3, -0.25) is 0 Å². The summed E-state index contributed by atoms with van der Waals surface area (Å²) >= 11 is 0. The fourth-order valence-corrected chi connectivity index (χ4v) is 1.46. The second-order valence-electron chi connectivity index (χ2n) is 3.17. The first-order valence-electron chi connectivity index (χ1n) is 4.34. The summed E-state index contributed by atoms with van der Waals surface area (Å²) in [7, 11) is 0. The van der Waals surface area contributed by atoms with E-state index in [1.165, 1.54) is 0 Å². The van der Waals surface area contributed by atoms with E-state index < -0.39 is 0 Å². The Morgan fingerprint density at radius 1 is 1.36 bits per heavy atom. The van der Waals surface area contributed by atoms with Crippen LogP contribution in [0.5, 0.6) is 0 Å². The average molecular weight is 159 g/mol. The number of aliphatic hydroxyl groups is 2. The monoisotopic (exact) mass is 159 g/mol. The molecule has 0 spiro atoms. The number of nitrogens with zero attached hydrogens (tertiary/aromatic N) is 1. The van der Waals surface area contributed by atoms with Crippen molar-refractivity contribution in [3.8, 4) is 0 Å². The van der Waals surface area contributed by atoms with Crippen molar-refractivity contribution >= 4 is 0 Å². The minimum Gasteiger partial charge on any atom is -0.396 e. The molecule has 3 heteroatoms. The summed E-state index contributed by atoms with van der Waals surface area (Å²) in [6.45, 7) is 3.16. The molecule has 1 fully saturated rings. The number of hydrogen-bond acceptors (Lipinski definition) is 3. The van der Waals surface area contributed by atoms with Gasteiger partial charge in [0.05, 0.1) is 6.10 Å². The Bertz CT molecular complexity index is 108. The van der Waals surface area contributed by atoms with Crippen LogP contribution in [-0.4, -0.2) is 47.5 Å². The number of aliphatic hydroxyl groups excluding tert-OH is 2. The summed E-state index contributed by atoms with van der Waals surface area (Å²) in [6.07, 6.45) is 2.73. The molecule has 2 N–H and O–H groups in total. The zero-order chi connectivity index (χ0) is 8.10. The summed E-state index contributed by atoms with van der Waals surface area (Å²) in [5.74, 6) is 0. The van der Waals surface area contributed by atoms with Gasteiger partial charge in [0.1, 0.15) is 0 Å². The lowest BCUT2D eigenvalue weighted by Crippen LogP contribution is -2.23. The minimum absolute atomic E-state index is 0.107. The normalized spacial score (nSPS) is 26.2. The van der Waals surface area contributed by atoms with E-state index in [4.69, 9.17) is 10.2 Å². The topological polar surface area (TPSA) is 43.7 Å². The van der Waals surface area contributed by atoms with E-state index in [0.29, 0.717) is 0 Å². The van der Waals surface area contributed by atoms with Crippen molar-refractivity contribution in [3.05, 3.63) is 0 Å². The van der Waals surface area contributed by atoms with Crippen molar-refractivity contribution < 1.29 is 10.2 Å². The smallest absolute Gasteiger partial charge is 0.0679 e. The van der Waals surface area contributed by atoms with Gasteiger partial charge in [-0.05, 0) is 25.8 Å². The molecule has 0 aromatic carbocycles. The zero-order valence-corrected chi connectivity index (χ0v) is 6.87. The molecular formula is C8H17NO2. The van der Waals surface area contributed by atoms with E-state index in [1.807, 2.05) is 0 Å². The minimum atomic E-state index is -0.107. The van der Waals surface area contributed by atoms with Gasteiger partial charge in [-0.25, -0.2) is 0 Å². The zero-order valence-electron chi connectivity index (χ0n) is 6.87. The molecule has 1 heterocycles. The number of unbranched alkanes of at least 4 members (excludes halogenated alkanes) is 1. The number of β-amino-alcohol motifs (C(OH)–C–C–N with tert-alkyl or cyclic N) is 1. The fraction of sp³-hybridized carbons (Fsp3) is 1.00. The van der Waals surface area contributed by atoms with Crippen LogP contribution in [-0.2, 0) is 0 Å². The molecule has 11 heavy (non-hydrogen) atoms. The molecule has 1 aliphatic rings. The predicted octanol–water partition coefficient (Wildman–Crippen LogP) is -0.175. The molecular weight excluding hydrogens is 142 g/mol. The van der Waals surface area contributed by atoms with E-state index >= 15 is 0 Å². The highest BCUT2D eigenvalue weighted by Crippen LogP contribution is 2.08. The summed E-state index contributed by atoms with van der Waals surface area (Å²) in [5.41, 5.74) is 0. The quantitative estimate of drug-likeness (QED) is 0.559. The predicted molar refractivity (Wildman–Crippen MR) is 43.4 cm³/mol. The molecule has 0 aromatic rings. The van der Waals surface area contributed by atoms with Gasteiger partial charge >= 0.3 is 0 Å². The highest BCUT2D eigenvalue weighted by Gasteiger charge is 2.18. The first-order chi connectivity index (χ1) is 5.33. The molecule has 0 bridgehead atoms. The fourth-order valence-electron chi connectivity index (χ4n) is 1.46. The van der Waals surface area contributed by atoms with Crippen molar-refractivity contribution in [1.82, 2.24) is 4.90 Å². The van der Waals surface area contributed by atoms with Gasteiger partial charge in [-0.2, -0.15) is 0 Å². The lowest BCUT2D eigenvalue weighted by atomic mass is 10.3. The Hall–Kier alpha value is -0.120. The van der Waals surface area contributed by atoms with Gasteiger partial charge in [-0.15, -0.1) is 0 Å². The van der Waals surface area contributed by atoms with E-state index in [0.717, 1.165) is 38.9 Å². The summed E-state index contributed by atoms with van der Waals surface area (Å²) in [6, 6.07) is 0. The van der Waals surface area contributed by atoms with E-state index in [9.17, 15) is 0 Å². The average Bonchev–Trinajstić information content (AvgIpc) is 2.37. The first-order valence-corrected chi connectivity index (χ1v) is 4.34. The van der Waals surface area contributed by atoms with Gasteiger partial charge in [0.25, 0.3) is 0 Å². The molecule has 0 unspecified atom stereocenters. The Morgan fingerprint density at radius 2 is 2.18 bits per heavy atom. The first kappa shape index (κ1) is 8.97. The lowest BCUT2D eigenvalue weighted by Gasteiger charge is -2.13. The van der Waals surface area contributed by atoms with Crippen LogP contribution in [0.3, 0.4) is 0 Å². The highest BCUT2D eigenvalue weighted by molar-refractivity contribution is 4.73. The van der Waals surface area contributed by atoms with Gasteiger partial charge < -0.3 is 15.1 Å². The van der Waals surface area contributed by atoms with Crippen LogP contribution in [0, 0.1) is 0 Å². The van der Waals surface area contributed by atoms with Crippen molar-refractivity contribution in [3.63, 3.8) is 0 Å². The third-order valence-corrected chi connectivity index (χ3v) is 2.13. The van der Waals surface area contributed by atoms with Gasteiger partial charge in [0, 0.05) is 19.7 Å². The van der Waals surface area contributed by atoms with Gasteiger partial charge in [-0.1, -0.05) is 0 Å². The number of hydrogen-bond donors (Lipinski definition) is 2. The second kappa shape index (κ2) is 4.70. The van der Waals surface area contributed by atoms with Crippen LogP contribution in [0.2, 0.25) is 0 Å². The molecule has 0 radical (unpaired) electrons. The van der Waals surface area contributed by atoms with Gasteiger partial charge in [0.15, 0.2) is 0 Å². The largest absolute Gasteiger partial charge is 0.396 e. The van der Waals surface area contributed by atoms with Crippen molar-refractivity contribution in [2.45, 2.75) is 25.4 Å². The van der Waals surface area contributed by atoms with Crippen LogP contribution in [0.25, 0.3) is 0 Å². The molecule has 1 saturated heterocycles. The maximum Gasteiger partial charge on any atom is 0.0679 e. The third kappa shape index (κ3) is 3.18. The number of likely N-dealkylation sites (tertiary alicyclic amines) is 1. The van der Waals surface area contributed by atoms with Crippen LogP contribution >= 0.6 is 0 Å². The van der Waals surface area contributed by atoms with E-state index in [2.05, 4.69) is 4.90 Å². The van der Waals surface area contributed by atoms with Crippen LogP contribution in [0.4, 0.5) is 0 Å². The van der Waals surface area contributed by atoms with Crippen molar-refractivity contribution in [1.29, 1.82) is 0 Å². The van der Waals surface area contributed by atoms with Crippen LogP contribution in [0.15, 0.2) is 0 Å². The van der Waals surface area contributed by atoms with Crippen LogP contribution in [0.1, 0.15) is 19.3 Å². The molecule has 0 aromatic heterocycles. The maximum atomic E-state index is 9.17. The molecule has 0 amide bonds. The van der Waals surface area contributed by atoms with Crippen molar-refractivity contribution in [2.75, 3.05) is 26.2 Å². The van der Waals surface area contributed by atoms with Gasteiger partial charge in [0.2, 0.25) is 0 Å². The summed E-state index contributed by atoms with van der Waals surface area (Å²) in [5, 5.41) is 17.7. The molecule has 1 atom stereocenters. The maximum absolute atomic E-state index is 9.17. The molecule has 0 aliphatic carbocycles. The molecule has 0 saturated carbocycles. The van der Waals surface area contributed by atoms with Crippen LogP contribution < -0.4 is 0 Å². The molecule has 3 nitrogen and oxygen atoms in total. The molecule has 66 valence electrons. The Labute approximate surface area is 67.6 Å². The Morgan fingerprint density at radius 3 is 2.73 bits per heavy atom. The molecule has 1 rings (SSSR count). The lowest BCUT2D eigenvalue weighted by molar-refractivity contribution is 0.174. The summed E-state index contributed by atoms with van der Waals surface area (Å²) in [4.78, 5) is 2.25.